The Labute approximate surface area is 195 Å². The Bertz CT molecular complexity index is 1470. The molecule has 2 aromatic heterocycles. The van der Waals surface area contributed by atoms with E-state index in [9.17, 15) is 9.59 Å². The van der Waals surface area contributed by atoms with Gasteiger partial charge in [-0.25, -0.2) is 14.1 Å². The summed E-state index contributed by atoms with van der Waals surface area (Å²) in [5.74, 6) is 0.445. The average Bonchev–Trinajstić information content (AvgIpc) is 3.07. The summed E-state index contributed by atoms with van der Waals surface area (Å²) in [4.78, 5) is 31.2. The molecule has 0 radical (unpaired) electrons. The fraction of sp³-hybridized carbons (Fsp3) is 0.280. The number of fused-ring (bicyclic) bond motifs is 4. The highest BCUT2D eigenvalue weighted by atomic mass is 32.2. The number of anilines is 1. The third-order valence-electron chi connectivity index (χ3n) is 6.00. The summed E-state index contributed by atoms with van der Waals surface area (Å²) in [6, 6.07) is 15.8. The van der Waals surface area contributed by atoms with E-state index >= 15 is 0 Å². The average molecular weight is 460 g/mol. The quantitative estimate of drug-likeness (QED) is 0.467. The second-order valence-electron chi connectivity index (χ2n) is 9.11. The standard InChI is InChI=1S/C25H25N5O2S/c1-15-8-7-10-17(12-15)26-19(31)14-33-24-28-29(4)23-27-21-18-11-6-5-9-16(18)13-25(2,3)20(21)22(32)30(23)24/h5-12H,13-14H2,1-4H3,(H,26,31). The number of nitrogens with one attached hydrogen (secondary N) is 1. The molecule has 1 aliphatic carbocycles. The van der Waals surface area contributed by atoms with Crippen molar-refractivity contribution in [1.82, 2.24) is 19.2 Å². The van der Waals surface area contributed by atoms with Gasteiger partial charge in [-0.15, -0.1) is 5.10 Å². The number of aromatic nitrogens is 4. The third-order valence-corrected chi connectivity index (χ3v) is 6.93. The van der Waals surface area contributed by atoms with Crippen molar-refractivity contribution in [2.24, 2.45) is 7.05 Å². The Hall–Kier alpha value is -3.39. The fourth-order valence-corrected chi connectivity index (χ4v) is 5.34. The highest BCUT2D eigenvalue weighted by Crippen LogP contribution is 2.40. The van der Waals surface area contributed by atoms with Crippen molar-refractivity contribution in [3.8, 4) is 11.3 Å². The summed E-state index contributed by atoms with van der Waals surface area (Å²) >= 11 is 1.23. The van der Waals surface area contributed by atoms with E-state index in [4.69, 9.17) is 4.98 Å². The molecule has 5 rings (SSSR count). The maximum atomic E-state index is 13.8. The van der Waals surface area contributed by atoms with Gasteiger partial charge in [0.1, 0.15) is 0 Å². The first-order chi connectivity index (χ1) is 15.7. The van der Waals surface area contributed by atoms with Gasteiger partial charge in [-0.05, 0) is 36.6 Å². The van der Waals surface area contributed by atoms with E-state index in [1.165, 1.54) is 17.3 Å². The van der Waals surface area contributed by atoms with Gasteiger partial charge >= 0.3 is 0 Å². The minimum absolute atomic E-state index is 0.121. The Kier molecular flexibility index (Phi) is 5.12. The van der Waals surface area contributed by atoms with Crippen molar-refractivity contribution in [2.75, 3.05) is 11.1 Å². The lowest BCUT2D eigenvalue weighted by molar-refractivity contribution is -0.113. The lowest BCUT2D eigenvalue weighted by Crippen LogP contribution is -2.36. The zero-order valence-corrected chi connectivity index (χ0v) is 19.9. The number of hydrogen-bond donors (Lipinski definition) is 1. The summed E-state index contributed by atoms with van der Waals surface area (Å²) in [6.07, 6.45) is 0.765. The maximum Gasteiger partial charge on any atom is 0.265 e. The molecule has 33 heavy (non-hydrogen) atoms. The van der Waals surface area contributed by atoms with Gasteiger partial charge in [0.05, 0.1) is 17.0 Å². The van der Waals surface area contributed by atoms with Gasteiger partial charge < -0.3 is 5.32 Å². The largest absolute Gasteiger partial charge is 0.325 e. The molecule has 1 amide bonds. The molecular formula is C25H25N5O2S. The van der Waals surface area contributed by atoms with Crippen LogP contribution in [0.15, 0.2) is 58.5 Å². The first-order valence-electron chi connectivity index (χ1n) is 10.8. The first kappa shape index (κ1) is 21.5. The van der Waals surface area contributed by atoms with E-state index in [1.807, 2.05) is 49.4 Å². The number of thioether (sulfide) groups is 1. The van der Waals surface area contributed by atoms with Crippen molar-refractivity contribution < 1.29 is 4.79 Å². The SMILES string of the molecule is Cc1cccc(NC(=O)CSc2nn(C)c3nc4c(c(=O)n23)C(C)(C)Cc2ccccc2-4)c1. The Morgan fingerprint density at radius 2 is 1.97 bits per heavy atom. The number of hydrogen-bond acceptors (Lipinski definition) is 5. The van der Waals surface area contributed by atoms with Crippen LogP contribution >= 0.6 is 11.8 Å². The smallest absolute Gasteiger partial charge is 0.265 e. The first-order valence-corrected chi connectivity index (χ1v) is 11.8. The van der Waals surface area contributed by atoms with E-state index in [-0.39, 0.29) is 22.6 Å². The van der Waals surface area contributed by atoms with Crippen molar-refractivity contribution in [3.05, 3.63) is 75.6 Å². The monoisotopic (exact) mass is 459 g/mol. The number of carbonyl (C=O) groups is 1. The number of rotatable bonds is 4. The molecule has 168 valence electrons. The second kappa shape index (κ2) is 7.88. The van der Waals surface area contributed by atoms with Gasteiger partial charge in [0.25, 0.3) is 5.56 Å². The van der Waals surface area contributed by atoms with Crippen LogP contribution in [0.25, 0.3) is 17.0 Å². The molecule has 0 spiro atoms. The van der Waals surface area contributed by atoms with Crippen LogP contribution in [-0.4, -0.2) is 30.8 Å². The maximum absolute atomic E-state index is 13.8. The van der Waals surface area contributed by atoms with Gasteiger partial charge in [-0.3, -0.25) is 9.59 Å². The molecule has 0 bridgehead atoms. The van der Waals surface area contributed by atoms with Crippen molar-refractivity contribution in [3.63, 3.8) is 0 Å². The Morgan fingerprint density at radius 3 is 2.76 bits per heavy atom. The van der Waals surface area contributed by atoms with Crippen molar-refractivity contribution in [2.45, 2.75) is 37.8 Å². The molecule has 8 heteroatoms. The summed E-state index contributed by atoms with van der Waals surface area (Å²) in [6.45, 7) is 6.13. The van der Waals surface area contributed by atoms with Crippen LogP contribution in [0.5, 0.6) is 0 Å². The number of carbonyl (C=O) groups excluding carboxylic acids is 1. The van der Waals surface area contributed by atoms with Crippen LogP contribution in [0.1, 0.15) is 30.5 Å². The van der Waals surface area contributed by atoms with Gasteiger partial charge in [0.15, 0.2) is 5.16 Å². The molecule has 7 nitrogen and oxygen atoms in total. The number of aryl methyl sites for hydroxylation is 2. The van der Waals surface area contributed by atoms with E-state index in [2.05, 4.69) is 30.3 Å². The molecule has 0 saturated carbocycles. The number of nitrogens with zero attached hydrogens (tertiary/aromatic N) is 4. The molecule has 0 fully saturated rings. The molecule has 4 aromatic rings. The minimum Gasteiger partial charge on any atom is -0.325 e. The molecule has 0 aliphatic heterocycles. The topological polar surface area (TPSA) is 81.3 Å². The van der Waals surface area contributed by atoms with Gasteiger partial charge in [0, 0.05) is 23.7 Å². The lowest BCUT2D eigenvalue weighted by atomic mass is 9.72. The fourth-order valence-electron chi connectivity index (χ4n) is 4.54. The van der Waals surface area contributed by atoms with Crippen LogP contribution in [0.3, 0.4) is 0 Å². The molecule has 0 unspecified atom stereocenters. The van der Waals surface area contributed by atoms with Crippen LogP contribution in [0.4, 0.5) is 5.69 Å². The van der Waals surface area contributed by atoms with E-state index in [0.717, 1.165) is 28.9 Å². The molecule has 0 atom stereocenters. The molecule has 0 saturated heterocycles. The van der Waals surface area contributed by atoms with E-state index in [0.29, 0.717) is 16.5 Å². The zero-order chi connectivity index (χ0) is 23.3. The van der Waals surface area contributed by atoms with E-state index < -0.39 is 0 Å². The zero-order valence-electron chi connectivity index (χ0n) is 19.0. The molecular weight excluding hydrogens is 434 g/mol. The van der Waals surface area contributed by atoms with Gasteiger partial charge in [-0.1, -0.05) is 62.0 Å². The highest BCUT2D eigenvalue weighted by molar-refractivity contribution is 7.99. The molecule has 1 N–H and O–H groups in total. The van der Waals surface area contributed by atoms with Crippen molar-refractivity contribution in [1.29, 1.82) is 0 Å². The predicted molar refractivity (Wildman–Crippen MR) is 131 cm³/mol. The second-order valence-corrected chi connectivity index (χ2v) is 10.0. The van der Waals surface area contributed by atoms with Crippen LogP contribution in [0, 0.1) is 6.92 Å². The van der Waals surface area contributed by atoms with Crippen molar-refractivity contribution >= 4 is 29.1 Å². The van der Waals surface area contributed by atoms with Gasteiger partial charge in [-0.2, -0.15) is 0 Å². The third kappa shape index (κ3) is 3.74. The molecule has 2 heterocycles. The summed E-state index contributed by atoms with van der Waals surface area (Å²) in [5.41, 5.74) is 4.94. The number of benzene rings is 2. The Balaban J connectivity index is 1.52. The van der Waals surface area contributed by atoms with Gasteiger partial charge in [0.2, 0.25) is 11.7 Å². The molecule has 1 aliphatic rings. The molecule has 2 aromatic carbocycles. The highest BCUT2D eigenvalue weighted by Gasteiger charge is 2.36. The predicted octanol–water partition coefficient (Wildman–Crippen LogP) is 3.97. The Morgan fingerprint density at radius 1 is 1.18 bits per heavy atom. The lowest BCUT2D eigenvalue weighted by Gasteiger charge is -2.32. The number of amides is 1. The summed E-state index contributed by atoms with van der Waals surface area (Å²) in [7, 11) is 1.77. The van der Waals surface area contributed by atoms with Crippen LogP contribution in [0.2, 0.25) is 0 Å². The van der Waals surface area contributed by atoms with Crippen LogP contribution < -0.4 is 10.9 Å². The summed E-state index contributed by atoms with van der Waals surface area (Å²) in [5, 5.41) is 7.88. The summed E-state index contributed by atoms with van der Waals surface area (Å²) < 4.78 is 3.14. The van der Waals surface area contributed by atoms with Crippen LogP contribution in [-0.2, 0) is 23.7 Å². The van der Waals surface area contributed by atoms with E-state index in [1.54, 1.807) is 16.1 Å². The minimum atomic E-state index is -0.366. The normalized spacial score (nSPS) is 14.1.